The number of H-pyrrole nitrogens is 1. The zero-order chi connectivity index (χ0) is 25.7. The number of hydrogen-bond acceptors (Lipinski definition) is 4. The normalized spacial score (nSPS) is 22.0. The molecule has 1 saturated carbocycles. The van der Waals surface area contributed by atoms with Gasteiger partial charge in [0.25, 0.3) is 11.8 Å². The Labute approximate surface area is 214 Å². The van der Waals surface area contributed by atoms with E-state index in [1.54, 1.807) is 29.2 Å². The fourth-order valence-electron chi connectivity index (χ4n) is 5.41. The molecule has 2 fully saturated rings. The largest absolute Gasteiger partial charge is 0.391 e. The monoisotopic (exact) mass is 500 g/mol. The van der Waals surface area contributed by atoms with E-state index in [1.165, 1.54) is 12.1 Å². The standard InChI is InChI=1S/C29H29FN4O3/c1-16-10-23(29(37)34-15-21(35)12-20(34)14-31-19-8-9-19)26(32-16)13-24-27-22(17-4-2-5-18(30)11-17)6-3-7-25(27)33-28(24)36/h2-7,10-11,13,19-21,31-32,35H,8-9,12,14-15H2,1H3,(H,33,36)/b24-13-/t20-,21-/m1/s1. The molecule has 7 nitrogen and oxygen atoms in total. The van der Waals surface area contributed by atoms with Crippen LogP contribution < -0.4 is 10.6 Å². The average molecular weight is 501 g/mol. The second kappa shape index (κ2) is 9.28. The Balaban J connectivity index is 1.37. The molecule has 8 heteroatoms. The Morgan fingerprint density at radius 2 is 2.03 bits per heavy atom. The smallest absolute Gasteiger partial charge is 0.256 e. The van der Waals surface area contributed by atoms with Crippen molar-refractivity contribution >= 4 is 29.2 Å². The number of carbonyl (C=O) groups is 2. The van der Waals surface area contributed by atoms with Gasteiger partial charge in [-0.15, -0.1) is 0 Å². The number of aromatic amines is 1. The highest BCUT2D eigenvalue weighted by molar-refractivity contribution is 6.36. The summed E-state index contributed by atoms with van der Waals surface area (Å²) in [7, 11) is 0. The quantitative estimate of drug-likeness (QED) is 0.386. The van der Waals surface area contributed by atoms with Crippen LogP contribution in [-0.2, 0) is 4.79 Å². The van der Waals surface area contributed by atoms with Gasteiger partial charge in [-0.3, -0.25) is 9.59 Å². The molecular weight excluding hydrogens is 471 g/mol. The molecule has 3 heterocycles. The SMILES string of the molecule is Cc1cc(C(=O)N2C[C@H](O)C[C@@H]2CNC2CC2)c(/C=C2\C(=O)Nc3cccc(-c4cccc(F)c4)c32)[nH]1. The number of nitrogens with one attached hydrogen (secondary N) is 3. The maximum atomic E-state index is 14.0. The molecule has 2 aliphatic heterocycles. The minimum atomic E-state index is -0.557. The number of likely N-dealkylation sites (tertiary alicyclic amines) is 1. The minimum absolute atomic E-state index is 0.0890. The molecule has 0 unspecified atom stereocenters. The third-order valence-electron chi connectivity index (χ3n) is 7.34. The van der Waals surface area contributed by atoms with Crippen molar-refractivity contribution in [1.82, 2.24) is 15.2 Å². The first kappa shape index (κ1) is 23.6. The number of aliphatic hydroxyl groups is 1. The van der Waals surface area contributed by atoms with Gasteiger partial charge in [-0.05, 0) is 67.7 Å². The molecule has 2 aromatic carbocycles. The third-order valence-corrected chi connectivity index (χ3v) is 7.34. The van der Waals surface area contributed by atoms with Crippen LogP contribution in [0.5, 0.6) is 0 Å². The number of fused-ring (bicyclic) bond motifs is 1. The Morgan fingerprint density at radius 3 is 2.81 bits per heavy atom. The highest BCUT2D eigenvalue weighted by Gasteiger charge is 2.37. The van der Waals surface area contributed by atoms with E-state index in [1.807, 2.05) is 25.1 Å². The first-order chi connectivity index (χ1) is 17.9. The van der Waals surface area contributed by atoms with Crippen LogP contribution in [0.2, 0.25) is 0 Å². The van der Waals surface area contributed by atoms with E-state index in [0.29, 0.717) is 52.7 Å². The van der Waals surface area contributed by atoms with Crippen LogP contribution >= 0.6 is 0 Å². The van der Waals surface area contributed by atoms with E-state index >= 15 is 0 Å². The summed E-state index contributed by atoms with van der Waals surface area (Å²) in [5.41, 5.74) is 4.89. The summed E-state index contributed by atoms with van der Waals surface area (Å²) in [6, 6.07) is 14.0. The maximum Gasteiger partial charge on any atom is 0.256 e. The van der Waals surface area contributed by atoms with Crippen molar-refractivity contribution in [3.63, 3.8) is 0 Å². The van der Waals surface area contributed by atoms with E-state index in [0.717, 1.165) is 24.1 Å². The highest BCUT2D eigenvalue weighted by Crippen LogP contribution is 2.41. The van der Waals surface area contributed by atoms with Crippen LogP contribution in [0.4, 0.5) is 10.1 Å². The molecule has 0 spiro atoms. The van der Waals surface area contributed by atoms with Crippen molar-refractivity contribution in [2.45, 2.75) is 44.4 Å². The third kappa shape index (κ3) is 4.58. The highest BCUT2D eigenvalue weighted by atomic mass is 19.1. The lowest BCUT2D eigenvalue weighted by molar-refractivity contribution is -0.110. The molecule has 4 N–H and O–H groups in total. The van der Waals surface area contributed by atoms with E-state index in [9.17, 15) is 19.1 Å². The molecule has 1 aromatic heterocycles. The first-order valence-electron chi connectivity index (χ1n) is 12.7. The van der Waals surface area contributed by atoms with Gasteiger partial charge in [0.15, 0.2) is 0 Å². The molecule has 2 atom stereocenters. The van der Waals surface area contributed by atoms with Gasteiger partial charge in [0.05, 0.1) is 22.9 Å². The van der Waals surface area contributed by atoms with Crippen molar-refractivity contribution in [2.75, 3.05) is 18.4 Å². The predicted molar refractivity (Wildman–Crippen MR) is 140 cm³/mol. The molecule has 1 saturated heterocycles. The van der Waals surface area contributed by atoms with Crippen molar-refractivity contribution in [2.24, 2.45) is 0 Å². The van der Waals surface area contributed by atoms with Gasteiger partial charge in [-0.1, -0.05) is 24.3 Å². The molecule has 3 aliphatic rings. The van der Waals surface area contributed by atoms with Crippen LogP contribution in [0.25, 0.3) is 22.8 Å². The van der Waals surface area contributed by atoms with Gasteiger partial charge in [-0.25, -0.2) is 4.39 Å². The summed E-state index contributed by atoms with van der Waals surface area (Å²) in [6.45, 7) is 2.80. The van der Waals surface area contributed by atoms with Crippen molar-refractivity contribution in [3.8, 4) is 11.1 Å². The fraction of sp³-hybridized carbons (Fsp3) is 0.310. The molecular formula is C29H29FN4O3. The zero-order valence-corrected chi connectivity index (χ0v) is 20.6. The van der Waals surface area contributed by atoms with Crippen LogP contribution in [0.1, 0.15) is 46.6 Å². The van der Waals surface area contributed by atoms with Crippen LogP contribution in [0.15, 0.2) is 48.5 Å². The maximum absolute atomic E-state index is 14.0. The van der Waals surface area contributed by atoms with Gasteiger partial charge in [-0.2, -0.15) is 0 Å². The van der Waals surface area contributed by atoms with Gasteiger partial charge < -0.3 is 25.6 Å². The fourth-order valence-corrected chi connectivity index (χ4v) is 5.41. The molecule has 37 heavy (non-hydrogen) atoms. The topological polar surface area (TPSA) is 97.5 Å². The number of hydrogen-bond donors (Lipinski definition) is 4. The number of halogens is 1. The Hall–Kier alpha value is -3.75. The number of aryl methyl sites for hydroxylation is 1. The Bertz CT molecular complexity index is 1420. The number of carbonyl (C=O) groups excluding carboxylic acids is 2. The molecule has 3 aromatic rings. The first-order valence-corrected chi connectivity index (χ1v) is 12.7. The number of nitrogens with zero attached hydrogens (tertiary/aromatic N) is 1. The average Bonchev–Trinajstić information content (AvgIpc) is 3.40. The van der Waals surface area contributed by atoms with Crippen molar-refractivity contribution < 1.29 is 19.1 Å². The van der Waals surface area contributed by atoms with Crippen LogP contribution in [0, 0.1) is 12.7 Å². The number of amides is 2. The predicted octanol–water partition coefficient (Wildman–Crippen LogP) is 3.95. The number of β-amino-alcohol motifs (C(OH)–C–C–N with tert-alkyl or cyclic N) is 1. The molecule has 0 bridgehead atoms. The van der Waals surface area contributed by atoms with E-state index in [-0.39, 0.29) is 30.2 Å². The van der Waals surface area contributed by atoms with Crippen molar-refractivity contribution in [3.05, 3.63) is 76.9 Å². The number of anilines is 1. The zero-order valence-electron chi connectivity index (χ0n) is 20.6. The van der Waals surface area contributed by atoms with Gasteiger partial charge >= 0.3 is 0 Å². The summed E-state index contributed by atoms with van der Waals surface area (Å²) < 4.78 is 14.0. The van der Waals surface area contributed by atoms with Crippen molar-refractivity contribution in [1.29, 1.82) is 0 Å². The number of benzene rings is 2. The second-order valence-corrected chi connectivity index (χ2v) is 10.2. The van der Waals surface area contributed by atoms with Gasteiger partial charge in [0, 0.05) is 42.1 Å². The molecule has 190 valence electrons. The summed E-state index contributed by atoms with van der Waals surface area (Å²) in [5.74, 6) is -0.815. The summed E-state index contributed by atoms with van der Waals surface area (Å²) in [6.07, 6.45) is 3.99. The van der Waals surface area contributed by atoms with Crippen LogP contribution in [0.3, 0.4) is 0 Å². The van der Waals surface area contributed by atoms with E-state index in [2.05, 4.69) is 15.6 Å². The number of aliphatic hydroxyl groups excluding tert-OH is 1. The summed E-state index contributed by atoms with van der Waals surface area (Å²) >= 11 is 0. The Kier molecular flexibility index (Phi) is 5.93. The second-order valence-electron chi connectivity index (χ2n) is 10.2. The molecule has 2 amide bonds. The lowest BCUT2D eigenvalue weighted by atomic mass is 9.94. The lowest BCUT2D eigenvalue weighted by Gasteiger charge is -2.25. The molecule has 6 rings (SSSR count). The lowest BCUT2D eigenvalue weighted by Crippen LogP contribution is -2.42. The summed E-state index contributed by atoms with van der Waals surface area (Å²) in [4.78, 5) is 31.8. The van der Waals surface area contributed by atoms with Gasteiger partial charge in [0.1, 0.15) is 5.82 Å². The minimum Gasteiger partial charge on any atom is -0.391 e. The van der Waals surface area contributed by atoms with E-state index in [4.69, 9.17) is 0 Å². The van der Waals surface area contributed by atoms with Gasteiger partial charge in [0.2, 0.25) is 0 Å². The molecule has 1 aliphatic carbocycles. The number of rotatable bonds is 6. The van der Waals surface area contributed by atoms with E-state index < -0.39 is 6.10 Å². The summed E-state index contributed by atoms with van der Waals surface area (Å²) in [5, 5.41) is 16.7. The number of aromatic nitrogens is 1. The molecule has 0 radical (unpaired) electrons. The Morgan fingerprint density at radius 1 is 1.22 bits per heavy atom. The van der Waals surface area contributed by atoms with Crippen LogP contribution in [-0.4, -0.2) is 58.1 Å².